The predicted molar refractivity (Wildman–Crippen MR) is 121 cm³/mol. The van der Waals surface area contributed by atoms with Crippen molar-refractivity contribution in [3.05, 3.63) is 23.8 Å². The number of hydrogen-bond acceptors (Lipinski definition) is 6. The molecule has 2 saturated heterocycles. The van der Waals surface area contributed by atoms with Crippen LogP contribution in [-0.4, -0.2) is 60.6 Å². The highest BCUT2D eigenvalue weighted by molar-refractivity contribution is 5.89. The number of aryl methyl sites for hydroxylation is 1. The summed E-state index contributed by atoms with van der Waals surface area (Å²) in [7, 11) is 0. The lowest BCUT2D eigenvalue weighted by molar-refractivity contribution is -0.00497. The highest BCUT2D eigenvalue weighted by Gasteiger charge is 2.21. The van der Waals surface area contributed by atoms with Crippen LogP contribution in [0.25, 0.3) is 0 Å². The Morgan fingerprint density at radius 3 is 1.81 bits per heavy atom. The first-order valence-electron chi connectivity index (χ1n) is 11.5. The fraction of sp³-hybridized carbons (Fsp3) is 0.652. The molecular formula is C23H36N4O4. The molecular weight excluding hydrogens is 396 g/mol. The molecule has 2 aliphatic rings. The molecule has 0 saturated carbocycles. The van der Waals surface area contributed by atoms with E-state index in [1.54, 1.807) is 12.1 Å². The minimum atomic E-state index is -0.505. The van der Waals surface area contributed by atoms with E-state index < -0.39 is 12.2 Å². The van der Waals surface area contributed by atoms with Gasteiger partial charge in [-0.05, 0) is 64.2 Å². The number of hydrogen-bond donors (Lipinski definition) is 2. The Kier molecular flexibility index (Phi) is 8.54. The van der Waals surface area contributed by atoms with Gasteiger partial charge in [-0.3, -0.25) is 20.4 Å². The van der Waals surface area contributed by atoms with Crippen molar-refractivity contribution in [3.63, 3.8) is 0 Å². The van der Waals surface area contributed by atoms with Gasteiger partial charge >= 0.3 is 12.2 Å². The molecule has 0 bridgehead atoms. The molecule has 1 aromatic rings. The number of amides is 2. The Morgan fingerprint density at radius 2 is 1.29 bits per heavy atom. The van der Waals surface area contributed by atoms with Crippen LogP contribution in [0.3, 0.4) is 0 Å². The molecule has 0 aromatic heterocycles. The van der Waals surface area contributed by atoms with E-state index in [0.717, 1.165) is 57.4 Å². The number of likely N-dealkylation sites (tertiary alicyclic amines) is 2. The van der Waals surface area contributed by atoms with E-state index >= 15 is 0 Å². The maximum absolute atomic E-state index is 12.4. The minimum absolute atomic E-state index is 0.269. The van der Waals surface area contributed by atoms with E-state index in [-0.39, 0.29) is 12.5 Å². The summed E-state index contributed by atoms with van der Waals surface area (Å²) in [6, 6.07) is 5.34. The second-order valence-electron chi connectivity index (χ2n) is 8.48. The van der Waals surface area contributed by atoms with E-state index in [2.05, 4.69) is 20.4 Å². The fourth-order valence-corrected chi connectivity index (χ4v) is 4.14. The largest absolute Gasteiger partial charge is 0.430 e. The molecule has 0 radical (unpaired) electrons. The van der Waals surface area contributed by atoms with Crippen LogP contribution in [0.5, 0.6) is 0 Å². The van der Waals surface area contributed by atoms with Crippen LogP contribution >= 0.6 is 0 Å². The highest BCUT2D eigenvalue weighted by atomic mass is 16.6. The average molecular weight is 433 g/mol. The van der Waals surface area contributed by atoms with Crippen LogP contribution in [-0.2, 0) is 9.47 Å². The number of nitrogens with zero attached hydrogens (tertiary/aromatic N) is 2. The van der Waals surface area contributed by atoms with Gasteiger partial charge in [-0.15, -0.1) is 0 Å². The monoisotopic (exact) mass is 432 g/mol. The summed E-state index contributed by atoms with van der Waals surface area (Å²) in [5.74, 6) is 0. The maximum atomic E-state index is 12.4. The molecule has 1 aromatic carbocycles. The summed E-state index contributed by atoms with van der Waals surface area (Å²) < 4.78 is 11.1. The summed E-state index contributed by atoms with van der Waals surface area (Å²) in [4.78, 5) is 29.1. The van der Waals surface area contributed by atoms with E-state index in [9.17, 15) is 9.59 Å². The molecule has 172 valence electrons. The summed E-state index contributed by atoms with van der Waals surface area (Å²) in [6.45, 7) is 9.48. The van der Waals surface area contributed by atoms with Crippen molar-refractivity contribution in [2.75, 3.05) is 36.8 Å². The van der Waals surface area contributed by atoms with Crippen molar-refractivity contribution >= 4 is 23.6 Å². The number of carbonyl (C=O) groups excluding carboxylic acids is 2. The van der Waals surface area contributed by atoms with Crippen LogP contribution in [0.2, 0.25) is 0 Å². The Labute approximate surface area is 185 Å². The standard InChI is InChI=1S/C23H36N4O4/c1-17-10-11-20(24-22(28)30-18(2)26-12-6-4-7-13-26)16-21(17)25-23(29)31-19(3)27-14-8-5-9-15-27/h10-11,16,18-19H,4-9,12-15H2,1-3H3,(H,24,28)(H,25,29)/t18-,19-/m1/s1. The van der Waals surface area contributed by atoms with Crippen molar-refractivity contribution < 1.29 is 19.1 Å². The number of carbonyl (C=O) groups is 2. The smallest absolute Gasteiger partial charge is 0.413 e. The molecule has 0 spiro atoms. The molecule has 3 rings (SSSR count). The Balaban J connectivity index is 1.51. The molecule has 2 N–H and O–H groups in total. The zero-order valence-corrected chi connectivity index (χ0v) is 19.0. The van der Waals surface area contributed by atoms with E-state index in [1.807, 2.05) is 26.8 Å². The van der Waals surface area contributed by atoms with Gasteiger partial charge in [0, 0.05) is 37.6 Å². The van der Waals surface area contributed by atoms with Crippen LogP contribution in [0.4, 0.5) is 21.0 Å². The maximum Gasteiger partial charge on any atom is 0.413 e. The summed E-state index contributed by atoms with van der Waals surface area (Å²) in [5.41, 5.74) is 2.03. The molecule has 31 heavy (non-hydrogen) atoms. The first-order valence-corrected chi connectivity index (χ1v) is 11.5. The van der Waals surface area contributed by atoms with Gasteiger partial charge in [0.15, 0.2) is 12.5 Å². The Morgan fingerprint density at radius 1 is 0.806 bits per heavy atom. The summed E-state index contributed by atoms with van der Waals surface area (Å²) in [6.07, 6.45) is 5.45. The topological polar surface area (TPSA) is 83.1 Å². The molecule has 2 aliphatic heterocycles. The Bertz CT molecular complexity index is 745. The third-order valence-corrected chi connectivity index (χ3v) is 6.09. The van der Waals surface area contributed by atoms with Gasteiger partial charge < -0.3 is 9.47 Å². The molecule has 2 fully saturated rings. The molecule has 2 amide bonds. The van der Waals surface area contributed by atoms with Gasteiger partial charge in [0.1, 0.15) is 0 Å². The van der Waals surface area contributed by atoms with Crippen molar-refractivity contribution in [2.45, 2.75) is 71.8 Å². The number of piperidine rings is 2. The average Bonchev–Trinajstić information content (AvgIpc) is 2.77. The fourth-order valence-electron chi connectivity index (χ4n) is 4.14. The van der Waals surface area contributed by atoms with Gasteiger partial charge in [0.05, 0.1) is 0 Å². The zero-order valence-electron chi connectivity index (χ0n) is 19.0. The van der Waals surface area contributed by atoms with E-state index in [1.165, 1.54) is 12.8 Å². The highest BCUT2D eigenvalue weighted by Crippen LogP contribution is 2.22. The number of ether oxygens (including phenoxy) is 2. The van der Waals surface area contributed by atoms with Gasteiger partial charge in [-0.1, -0.05) is 18.9 Å². The van der Waals surface area contributed by atoms with E-state index in [0.29, 0.717) is 11.4 Å². The second-order valence-corrected chi connectivity index (χ2v) is 8.48. The lowest BCUT2D eigenvalue weighted by Gasteiger charge is -2.31. The van der Waals surface area contributed by atoms with Crippen LogP contribution in [0.1, 0.15) is 57.9 Å². The summed E-state index contributed by atoms with van der Waals surface area (Å²) >= 11 is 0. The SMILES string of the molecule is Cc1ccc(NC(=O)O[C@H](C)N2CCCCC2)cc1NC(=O)O[C@H](C)N1CCCCC1. The third-order valence-electron chi connectivity index (χ3n) is 6.09. The van der Waals surface area contributed by atoms with Crippen molar-refractivity contribution in [2.24, 2.45) is 0 Å². The zero-order chi connectivity index (χ0) is 22.2. The van der Waals surface area contributed by atoms with Crippen molar-refractivity contribution in [1.29, 1.82) is 0 Å². The molecule has 8 heteroatoms. The number of rotatable bonds is 6. The number of nitrogens with one attached hydrogen (secondary N) is 2. The molecule has 2 heterocycles. The van der Waals surface area contributed by atoms with Crippen molar-refractivity contribution in [1.82, 2.24) is 9.80 Å². The predicted octanol–water partition coefficient (Wildman–Crippen LogP) is 4.76. The van der Waals surface area contributed by atoms with Crippen LogP contribution < -0.4 is 10.6 Å². The lowest BCUT2D eigenvalue weighted by atomic mass is 10.1. The minimum Gasteiger partial charge on any atom is -0.430 e. The summed E-state index contributed by atoms with van der Waals surface area (Å²) in [5, 5.41) is 5.56. The first-order chi connectivity index (χ1) is 14.9. The van der Waals surface area contributed by atoms with Gasteiger partial charge in [0.25, 0.3) is 0 Å². The number of anilines is 2. The second kappa shape index (κ2) is 11.3. The third kappa shape index (κ3) is 7.11. The quantitative estimate of drug-likeness (QED) is 0.675. The van der Waals surface area contributed by atoms with Gasteiger partial charge in [-0.25, -0.2) is 9.59 Å². The molecule has 2 atom stereocenters. The van der Waals surface area contributed by atoms with Crippen molar-refractivity contribution in [3.8, 4) is 0 Å². The van der Waals surface area contributed by atoms with Crippen LogP contribution in [0, 0.1) is 6.92 Å². The van der Waals surface area contributed by atoms with Gasteiger partial charge in [-0.2, -0.15) is 0 Å². The molecule has 0 unspecified atom stereocenters. The normalized spacial score (nSPS) is 19.8. The lowest BCUT2D eigenvalue weighted by Crippen LogP contribution is -2.41. The van der Waals surface area contributed by atoms with E-state index in [4.69, 9.17) is 9.47 Å². The molecule has 0 aliphatic carbocycles. The Hall–Kier alpha value is -2.32. The number of benzene rings is 1. The van der Waals surface area contributed by atoms with Crippen LogP contribution in [0.15, 0.2) is 18.2 Å². The van der Waals surface area contributed by atoms with Gasteiger partial charge in [0.2, 0.25) is 0 Å². The molecule has 8 nitrogen and oxygen atoms in total. The first kappa shape index (κ1) is 23.3.